The third-order valence-corrected chi connectivity index (χ3v) is 4.78. The molecule has 3 N–H and O–H groups in total. The number of hydrogen-bond donors (Lipinski definition) is 3. The van der Waals surface area contributed by atoms with Crippen LogP contribution in [0.4, 0.5) is 5.69 Å². The second kappa shape index (κ2) is 7.61. The van der Waals surface area contributed by atoms with Gasteiger partial charge in [0.05, 0.1) is 4.90 Å². The van der Waals surface area contributed by atoms with Gasteiger partial charge in [-0.05, 0) is 36.4 Å². The van der Waals surface area contributed by atoms with Crippen LogP contribution in [0.5, 0.6) is 0 Å². The normalized spacial score (nSPS) is 10.9. The van der Waals surface area contributed by atoms with Crippen molar-refractivity contribution in [3.63, 3.8) is 0 Å². The molecule has 0 atom stereocenters. The second-order valence-electron chi connectivity index (χ2n) is 4.92. The molecule has 0 fully saturated rings. The van der Waals surface area contributed by atoms with Gasteiger partial charge < -0.3 is 10.7 Å². The zero-order valence-electron chi connectivity index (χ0n) is 12.8. The van der Waals surface area contributed by atoms with E-state index in [9.17, 15) is 13.2 Å². The quantitative estimate of drug-likeness (QED) is 0.640. The summed E-state index contributed by atoms with van der Waals surface area (Å²) in [7, 11) is -3.72. The van der Waals surface area contributed by atoms with Crippen molar-refractivity contribution < 1.29 is 13.2 Å². The second-order valence-corrected chi connectivity index (χ2v) is 7.52. The molecule has 1 amide bonds. The van der Waals surface area contributed by atoms with E-state index in [1.165, 1.54) is 19.1 Å². The predicted octanol–water partition coefficient (Wildman–Crippen LogP) is 2.86. The van der Waals surface area contributed by atoms with E-state index in [2.05, 4.69) is 38.1 Å². The summed E-state index contributed by atoms with van der Waals surface area (Å²) in [5.74, 6) is -0.193. The van der Waals surface area contributed by atoms with Gasteiger partial charge in [-0.2, -0.15) is 0 Å². The Morgan fingerprint density at radius 1 is 1.12 bits per heavy atom. The van der Waals surface area contributed by atoms with Gasteiger partial charge in [0.15, 0.2) is 0 Å². The largest absolute Gasteiger partial charge is 0.326 e. The average molecular weight is 410 g/mol. The monoisotopic (exact) mass is 409 g/mol. The molecular formula is C16H16BrN3O3S. The lowest BCUT2D eigenvalue weighted by Crippen LogP contribution is -2.35. The van der Waals surface area contributed by atoms with E-state index in [4.69, 9.17) is 0 Å². The van der Waals surface area contributed by atoms with Crippen LogP contribution in [0.25, 0.3) is 5.70 Å². The first kappa shape index (κ1) is 18.2. The number of sulfonamides is 1. The number of carbonyl (C=O) groups is 1. The highest BCUT2D eigenvalue weighted by atomic mass is 79.9. The van der Waals surface area contributed by atoms with E-state index in [0.29, 0.717) is 16.9 Å². The summed E-state index contributed by atoms with van der Waals surface area (Å²) in [5.41, 5.74) is 4.16. The summed E-state index contributed by atoms with van der Waals surface area (Å²) in [6.45, 7) is 5.21. The van der Waals surface area contributed by atoms with Gasteiger partial charge in [0.1, 0.15) is 0 Å². The highest BCUT2D eigenvalue weighted by molar-refractivity contribution is 9.10. The van der Waals surface area contributed by atoms with Crippen molar-refractivity contribution in [1.82, 2.24) is 10.3 Å². The summed E-state index contributed by atoms with van der Waals surface area (Å²) in [5, 5.41) is 2.65. The lowest BCUT2D eigenvalue weighted by atomic mass is 10.1. The minimum atomic E-state index is -3.72. The Labute approximate surface area is 149 Å². The zero-order chi connectivity index (χ0) is 17.7. The number of benzene rings is 2. The van der Waals surface area contributed by atoms with Crippen molar-refractivity contribution in [2.75, 3.05) is 5.32 Å². The molecule has 2 aromatic rings. The molecule has 0 aliphatic rings. The Bertz CT molecular complexity index is 864. The molecule has 0 unspecified atom stereocenters. The maximum Gasteiger partial charge on any atom is 0.257 e. The number of amides is 1. The topological polar surface area (TPSA) is 87.3 Å². The van der Waals surface area contributed by atoms with E-state index in [1.807, 2.05) is 0 Å². The molecular weight excluding hydrogens is 394 g/mol. The van der Waals surface area contributed by atoms with Crippen LogP contribution in [-0.2, 0) is 14.8 Å². The summed E-state index contributed by atoms with van der Waals surface area (Å²) in [4.78, 5) is 13.5. The molecule has 6 nitrogen and oxygen atoms in total. The molecule has 24 heavy (non-hydrogen) atoms. The van der Waals surface area contributed by atoms with Gasteiger partial charge in [-0.15, -0.1) is 4.83 Å². The SMILES string of the molecule is C=C(NNS(=O)(=O)c1ccc(Br)cc1)c1cccc(NC(C)=O)c1. The maximum absolute atomic E-state index is 12.2. The fourth-order valence-corrected chi connectivity index (χ4v) is 3.00. The summed E-state index contributed by atoms with van der Waals surface area (Å²) < 4.78 is 25.2. The van der Waals surface area contributed by atoms with E-state index < -0.39 is 10.0 Å². The molecule has 0 heterocycles. The fourth-order valence-electron chi connectivity index (χ4n) is 1.86. The summed E-state index contributed by atoms with van der Waals surface area (Å²) >= 11 is 3.25. The molecule has 0 bridgehead atoms. The van der Waals surface area contributed by atoms with Crippen LogP contribution >= 0.6 is 15.9 Å². The minimum Gasteiger partial charge on any atom is -0.326 e. The van der Waals surface area contributed by atoms with Crippen LogP contribution in [0.3, 0.4) is 0 Å². The average Bonchev–Trinajstić information content (AvgIpc) is 2.53. The van der Waals surface area contributed by atoms with Crippen LogP contribution in [-0.4, -0.2) is 14.3 Å². The van der Waals surface area contributed by atoms with Crippen molar-refractivity contribution in [1.29, 1.82) is 0 Å². The van der Waals surface area contributed by atoms with Crippen LogP contribution < -0.4 is 15.6 Å². The first-order valence-corrected chi connectivity index (χ1v) is 9.16. The molecule has 0 aromatic heterocycles. The van der Waals surface area contributed by atoms with Gasteiger partial charge in [-0.3, -0.25) is 4.79 Å². The van der Waals surface area contributed by atoms with Crippen molar-refractivity contribution in [3.8, 4) is 0 Å². The maximum atomic E-state index is 12.2. The molecule has 2 aromatic carbocycles. The number of hydrazine groups is 1. The fraction of sp³-hybridized carbons (Fsp3) is 0.0625. The van der Waals surface area contributed by atoms with E-state index >= 15 is 0 Å². The lowest BCUT2D eigenvalue weighted by molar-refractivity contribution is -0.114. The Hall–Kier alpha value is -2.16. The number of carbonyl (C=O) groups excluding carboxylic acids is 1. The minimum absolute atomic E-state index is 0.123. The molecule has 8 heteroatoms. The standard InChI is InChI=1S/C16H16BrN3O3S/c1-11(13-4-3-5-15(10-13)18-12(2)21)19-20-24(22,23)16-8-6-14(17)7-9-16/h3-10,19-20H,1H2,2H3,(H,18,21). The van der Waals surface area contributed by atoms with Crippen LogP contribution in [0.2, 0.25) is 0 Å². The first-order chi connectivity index (χ1) is 11.3. The molecule has 2 rings (SSSR count). The van der Waals surface area contributed by atoms with Gasteiger partial charge >= 0.3 is 0 Å². The number of nitrogens with one attached hydrogen (secondary N) is 3. The Morgan fingerprint density at radius 3 is 2.42 bits per heavy atom. The highest BCUT2D eigenvalue weighted by Crippen LogP contribution is 2.17. The van der Waals surface area contributed by atoms with Crippen LogP contribution in [0.15, 0.2) is 64.5 Å². The van der Waals surface area contributed by atoms with Crippen molar-refractivity contribution in [2.45, 2.75) is 11.8 Å². The molecule has 0 saturated carbocycles. The Morgan fingerprint density at radius 2 is 1.79 bits per heavy atom. The van der Waals surface area contributed by atoms with E-state index in [0.717, 1.165) is 4.47 Å². The number of rotatable bonds is 6. The van der Waals surface area contributed by atoms with Crippen LogP contribution in [0.1, 0.15) is 12.5 Å². The molecule has 0 radical (unpaired) electrons. The Kier molecular flexibility index (Phi) is 5.76. The van der Waals surface area contributed by atoms with Crippen LogP contribution in [0, 0.1) is 0 Å². The summed E-state index contributed by atoms with van der Waals surface area (Å²) in [6.07, 6.45) is 0. The predicted molar refractivity (Wildman–Crippen MR) is 97.4 cm³/mol. The molecule has 126 valence electrons. The zero-order valence-corrected chi connectivity index (χ0v) is 15.2. The van der Waals surface area contributed by atoms with E-state index in [1.54, 1.807) is 36.4 Å². The van der Waals surface area contributed by atoms with Gasteiger partial charge in [0, 0.05) is 28.3 Å². The number of hydrogen-bond acceptors (Lipinski definition) is 4. The molecule has 0 aliphatic heterocycles. The first-order valence-electron chi connectivity index (χ1n) is 6.88. The highest BCUT2D eigenvalue weighted by Gasteiger charge is 2.13. The van der Waals surface area contributed by atoms with Gasteiger partial charge in [-0.1, -0.05) is 34.6 Å². The summed E-state index contributed by atoms with van der Waals surface area (Å²) in [6, 6.07) is 13.1. The molecule has 0 saturated heterocycles. The van der Waals surface area contributed by atoms with Gasteiger partial charge in [0.25, 0.3) is 10.0 Å². The third-order valence-electron chi connectivity index (χ3n) is 2.99. The number of anilines is 1. The van der Waals surface area contributed by atoms with Crippen molar-refractivity contribution >= 4 is 43.2 Å². The smallest absolute Gasteiger partial charge is 0.257 e. The molecule has 0 aliphatic carbocycles. The number of halogens is 1. The van der Waals surface area contributed by atoms with Gasteiger partial charge in [0.2, 0.25) is 5.91 Å². The molecule has 0 spiro atoms. The Balaban J connectivity index is 2.07. The van der Waals surface area contributed by atoms with E-state index in [-0.39, 0.29) is 10.8 Å². The van der Waals surface area contributed by atoms with Gasteiger partial charge in [-0.25, -0.2) is 8.42 Å². The lowest BCUT2D eigenvalue weighted by Gasteiger charge is -2.13. The third kappa shape index (κ3) is 4.92. The van der Waals surface area contributed by atoms with Crippen molar-refractivity contribution in [3.05, 3.63) is 65.1 Å². The van der Waals surface area contributed by atoms with Crippen molar-refractivity contribution in [2.24, 2.45) is 0 Å².